The molecule has 0 radical (unpaired) electrons. The summed E-state index contributed by atoms with van der Waals surface area (Å²) in [6, 6.07) is -5.58. The maximum absolute atomic E-state index is 12.6. The van der Waals surface area contributed by atoms with Gasteiger partial charge >= 0.3 is 11.9 Å². The van der Waals surface area contributed by atoms with Crippen LogP contribution in [-0.2, 0) is 24.0 Å². The fourth-order valence-corrected chi connectivity index (χ4v) is 2.56. The SMILES string of the molecule is CC(O)C(NC(=O)C(CO)NC(=O)C(CCCCN)NC(=O)C(N)CCC(=O)O)C(=O)O. The Balaban J connectivity index is 5.22. The zero-order chi connectivity index (χ0) is 24.8. The lowest BCUT2D eigenvalue weighted by Gasteiger charge is -2.25. The van der Waals surface area contributed by atoms with Crippen LogP contribution in [0, 0.1) is 0 Å². The molecule has 5 unspecified atom stereocenters. The summed E-state index contributed by atoms with van der Waals surface area (Å²) in [6.45, 7) is 0.589. The zero-order valence-electron chi connectivity index (χ0n) is 17.8. The van der Waals surface area contributed by atoms with Gasteiger partial charge in [-0.25, -0.2) is 4.79 Å². The van der Waals surface area contributed by atoms with Crippen molar-refractivity contribution in [2.75, 3.05) is 13.2 Å². The normalized spacial score (nSPS) is 15.5. The maximum Gasteiger partial charge on any atom is 0.328 e. The molecule has 5 atom stereocenters. The van der Waals surface area contributed by atoms with Gasteiger partial charge in [-0.3, -0.25) is 19.2 Å². The first-order valence-corrected chi connectivity index (χ1v) is 10.0. The highest BCUT2D eigenvalue weighted by Crippen LogP contribution is 2.04. The number of carbonyl (C=O) groups is 5. The summed E-state index contributed by atoms with van der Waals surface area (Å²) in [5.74, 6) is -5.33. The van der Waals surface area contributed by atoms with E-state index in [1.165, 1.54) is 0 Å². The number of hydrogen-bond donors (Lipinski definition) is 9. The Morgan fingerprint density at radius 2 is 1.44 bits per heavy atom. The van der Waals surface area contributed by atoms with Crippen molar-refractivity contribution in [3.63, 3.8) is 0 Å². The molecule has 0 aromatic carbocycles. The van der Waals surface area contributed by atoms with Gasteiger partial charge in [0.1, 0.15) is 12.1 Å². The van der Waals surface area contributed by atoms with Gasteiger partial charge in [0.05, 0.1) is 18.8 Å². The number of hydrogen-bond acceptors (Lipinski definition) is 9. The fourth-order valence-electron chi connectivity index (χ4n) is 2.56. The van der Waals surface area contributed by atoms with E-state index in [4.69, 9.17) is 21.7 Å². The van der Waals surface area contributed by atoms with Gasteiger partial charge in [-0.15, -0.1) is 0 Å². The van der Waals surface area contributed by atoms with Crippen molar-refractivity contribution in [3.8, 4) is 0 Å². The minimum absolute atomic E-state index is 0.117. The standard InChI is InChI=1S/C18H33N5O9/c1-9(25)14(18(31)32)23-17(30)12(8-24)22-16(29)11(4-2-3-7-19)21-15(28)10(20)5-6-13(26)27/h9-12,14,24-25H,2-8,19-20H2,1H3,(H,21,28)(H,22,29)(H,23,30)(H,26,27)(H,31,32). The quantitative estimate of drug-likeness (QED) is 0.100. The minimum Gasteiger partial charge on any atom is -0.481 e. The predicted octanol–water partition coefficient (Wildman–Crippen LogP) is -3.78. The second kappa shape index (κ2) is 15.1. The molecule has 0 aliphatic carbocycles. The van der Waals surface area contributed by atoms with Crippen LogP contribution >= 0.6 is 0 Å². The predicted molar refractivity (Wildman–Crippen MR) is 110 cm³/mol. The number of amides is 3. The molecule has 14 nitrogen and oxygen atoms in total. The number of aliphatic hydroxyl groups is 2. The van der Waals surface area contributed by atoms with Crippen molar-refractivity contribution in [3.05, 3.63) is 0 Å². The second-order valence-electron chi connectivity index (χ2n) is 7.19. The molecule has 14 heteroatoms. The molecular weight excluding hydrogens is 430 g/mol. The fraction of sp³-hybridized carbons (Fsp3) is 0.722. The van der Waals surface area contributed by atoms with Crippen LogP contribution in [0.2, 0.25) is 0 Å². The molecule has 0 aromatic heterocycles. The maximum atomic E-state index is 12.6. The lowest BCUT2D eigenvalue weighted by atomic mass is 10.1. The van der Waals surface area contributed by atoms with Gasteiger partial charge in [0.15, 0.2) is 6.04 Å². The molecule has 3 amide bonds. The second-order valence-corrected chi connectivity index (χ2v) is 7.19. The average molecular weight is 463 g/mol. The monoisotopic (exact) mass is 463 g/mol. The van der Waals surface area contributed by atoms with E-state index in [1.807, 2.05) is 5.32 Å². The van der Waals surface area contributed by atoms with Crippen LogP contribution in [0.3, 0.4) is 0 Å². The lowest BCUT2D eigenvalue weighted by molar-refractivity contribution is -0.145. The van der Waals surface area contributed by atoms with Gasteiger partial charge in [-0.05, 0) is 39.2 Å². The minimum atomic E-state index is -1.67. The molecule has 184 valence electrons. The molecule has 0 heterocycles. The van der Waals surface area contributed by atoms with Gasteiger partial charge < -0.3 is 47.8 Å². The van der Waals surface area contributed by atoms with Crippen LogP contribution in [0.4, 0.5) is 0 Å². The summed E-state index contributed by atoms with van der Waals surface area (Å²) in [7, 11) is 0. The van der Waals surface area contributed by atoms with Crippen LogP contribution in [-0.4, -0.2) is 93.5 Å². The summed E-state index contributed by atoms with van der Waals surface area (Å²) >= 11 is 0. The van der Waals surface area contributed by atoms with E-state index in [2.05, 4.69) is 10.6 Å². The molecular formula is C18H33N5O9. The number of aliphatic hydroxyl groups excluding tert-OH is 2. The zero-order valence-corrected chi connectivity index (χ0v) is 17.8. The van der Waals surface area contributed by atoms with Crippen molar-refractivity contribution in [1.82, 2.24) is 16.0 Å². The molecule has 0 aromatic rings. The molecule has 0 bridgehead atoms. The van der Waals surface area contributed by atoms with Gasteiger partial charge in [-0.2, -0.15) is 0 Å². The first kappa shape index (κ1) is 29.2. The molecule has 0 saturated carbocycles. The number of rotatable bonds is 16. The smallest absolute Gasteiger partial charge is 0.328 e. The number of carboxylic acids is 2. The topological polar surface area (TPSA) is 254 Å². The Hall–Kier alpha value is -2.81. The third-order valence-electron chi connectivity index (χ3n) is 4.45. The third-order valence-corrected chi connectivity index (χ3v) is 4.45. The number of aliphatic carboxylic acids is 2. The van der Waals surface area contributed by atoms with Crippen molar-refractivity contribution in [2.24, 2.45) is 11.5 Å². The first-order valence-electron chi connectivity index (χ1n) is 10.0. The van der Waals surface area contributed by atoms with Gasteiger partial charge in [0, 0.05) is 6.42 Å². The van der Waals surface area contributed by atoms with E-state index in [0.717, 1.165) is 6.92 Å². The van der Waals surface area contributed by atoms with Crippen molar-refractivity contribution >= 4 is 29.7 Å². The van der Waals surface area contributed by atoms with Crippen LogP contribution in [0.15, 0.2) is 0 Å². The first-order chi connectivity index (χ1) is 14.9. The van der Waals surface area contributed by atoms with E-state index in [-0.39, 0.29) is 19.3 Å². The summed E-state index contributed by atoms with van der Waals surface area (Å²) in [5.41, 5.74) is 11.1. The van der Waals surface area contributed by atoms with Crippen molar-refractivity contribution in [1.29, 1.82) is 0 Å². The lowest BCUT2D eigenvalue weighted by Crippen LogP contribution is -2.59. The highest BCUT2D eigenvalue weighted by atomic mass is 16.4. The van der Waals surface area contributed by atoms with Crippen LogP contribution in [0.1, 0.15) is 39.0 Å². The molecule has 0 aliphatic rings. The third kappa shape index (κ3) is 11.0. The number of carbonyl (C=O) groups excluding carboxylic acids is 3. The number of nitrogens with one attached hydrogen (secondary N) is 3. The van der Waals surface area contributed by atoms with E-state index < -0.39 is 66.5 Å². The average Bonchev–Trinajstić information content (AvgIpc) is 2.72. The van der Waals surface area contributed by atoms with Crippen molar-refractivity contribution < 1.29 is 44.4 Å². The van der Waals surface area contributed by atoms with Crippen molar-refractivity contribution in [2.45, 2.75) is 69.3 Å². The number of nitrogens with two attached hydrogens (primary N) is 2. The van der Waals surface area contributed by atoms with Crippen LogP contribution < -0.4 is 27.4 Å². The van der Waals surface area contributed by atoms with Crippen LogP contribution in [0.5, 0.6) is 0 Å². The summed E-state index contributed by atoms with van der Waals surface area (Å²) < 4.78 is 0. The molecule has 0 fully saturated rings. The van der Waals surface area contributed by atoms with E-state index >= 15 is 0 Å². The summed E-state index contributed by atoms with van der Waals surface area (Å²) in [5, 5.41) is 43.2. The van der Waals surface area contributed by atoms with Crippen LogP contribution in [0.25, 0.3) is 0 Å². The van der Waals surface area contributed by atoms with Gasteiger partial charge in [-0.1, -0.05) is 0 Å². The Morgan fingerprint density at radius 3 is 1.91 bits per heavy atom. The van der Waals surface area contributed by atoms with Gasteiger partial charge in [0.2, 0.25) is 17.7 Å². The largest absolute Gasteiger partial charge is 0.481 e. The van der Waals surface area contributed by atoms with E-state index in [0.29, 0.717) is 19.4 Å². The highest BCUT2D eigenvalue weighted by molar-refractivity contribution is 5.94. The Morgan fingerprint density at radius 1 is 0.875 bits per heavy atom. The summed E-state index contributed by atoms with van der Waals surface area (Å²) in [4.78, 5) is 58.9. The van der Waals surface area contributed by atoms with Gasteiger partial charge in [0.25, 0.3) is 0 Å². The molecule has 32 heavy (non-hydrogen) atoms. The van der Waals surface area contributed by atoms with E-state index in [1.54, 1.807) is 0 Å². The highest BCUT2D eigenvalue weighted by Gasteiger charge is 2.31. The Kier molecular flexibility index (Phi) is 13.7. The molecule has 0 aliphatic heterocycles. The Bertz CT molecular complexity index is 659. The molecule has 0 spiro atoms. The number of unbranched alkanes of at least 4 members (excludes halogenated alkanes) is 1. The molecule has 0 saturated heterocycles. The summed E-state index contributed by atoms with van der Waals surface area (Å²) in [6.07, 6.45) is -0.871. The molecule has 11 N–H and O–H groups in total. The van der Waals surface area contributed by atoms with E-state index in [9.17, 15) is 34.2 Å². The molecule has 0 rings (SSSR count). The number of carboxylic acid groups (broad SMARTS) is 2. The Labute approximate surface area is 184 Å².